The lowest BCUT2D eigenvalue weighted by Crippen LogP contribution is -2.31. The molecule has 35 heavy (non-hydrogen) atoms. The Bertz CT molecular complexity index is 1400. The van der Waals surface area contributed by atoms with Crippen LogP contribution in [-0.4, -0.2) is 26.4 Å². The van der Waals surface area contributed by atoms with Gasteiger partial charge in [0.1, 0.15) is 6.04 Å². The molecule has 0 saturated heterocycles. The van der Waals surface area contributed by atoms with Gasteiger partial charge in [-0.3, -0.25) is 4.79 Å². The molecule has 0 aliphatic carbocycles. The number of thioether (sulfide) groups is 1. The number of unbranched alkanes of at least 4 members (excludes halogenated alkanes) is 1. The van der Waals surface area contributed by atoms with Crippen molar-refractivity contribution in [2.75, 3.05) is 16.4 Å². The van der Waals surface area contributed by atoms with E-state index in [9.17, 15) is 4.79 Å². The first kappa shape index (κ1) is 23.2. The molecule has 178 valence electrons. The van der Waals surface area contributed by atoms with Crippen molar-refractivity contribution in [1.29, 1.82) is 0 Å². The standard InChI is InChI=1S/C28H29N5OS/c1-4-5-17-35-28-31-27-29-19(3)24(26(34)30-21-15-13-18(2)14-16-21)25(33(27)32-28)23-12-8-10-20-9-6-7-11-22(20)23/h6-16,25H,4-5,17H2,1-3H3,(H,30,34)(H,29,31,32). The summed E-state index contributed by atoms with van der Waals surface area (Å²) in [6.07, 6.45) is 2.23. The van der Waals surface area contributed by atoms with Crippen molar-refractivity contribution in [1.82, 2.24) is 14.8 Å². The Kier molecular flexibility index (Phi) is 6.59. The van der Waals surface area contributed by atoms with Gasteiger partial charge < -0.3 is 10.6 Å². The second-order valence-electron chi connectivity index (χ2n) is 8.82. The number of hydrogen-bond acceptors (Lipinski definition) is 5. The predicted molar refractivity (Wildman–Crippen MR) is 144 cm³/mol. The second kappa shape index (κ2) is 9.96. The fraction of sp³-hybridized carbons (Fsp3) is 0.250. The van der Waals surface area contributed by atoms with E-state index in [-0.39, 0.29) is 5.91 Å². The molecular formula is C28H29N5OS. The zero-order valence-corrected chi connectivity index (χ0v) is 21.0. The Labute approximate surface area is 209 Å². The highest BCUT2D eigenvalue weighted by Gasteiger charge is 2.35. The van der Waals surface area contributed by atoms with Crippen molar-refractivity contribution in [3.05, 3.63) is 89.1 Å². The number of allylic oxidation sites excluding steroid dienone is 1. The average Bonchev–Trinajstić information content (AvgIpc) is 3.26. The maximum Gasteiger partial charge on any atom is 0.255 e. The van der Waals surface area contributed by atoms with Crippen LogP contribution in [-0.2, 0) is 4.79 Å². The molecule has 0 bridgehead atoms. The lowest BCUT2D eigenvalue weighted by molar-refractivity contribution is -0.113. The maximum atomic E-state index is 13.7. The summed E-state index contributed by atoms with van der Waals surface area (Å²) in [4.78, 5) is 18.5. The Morgan fingerprint density at radius 3 is 2.63 bits per heavy atom. The van der Waals surface area contributed by atoms with E-state index in [1.165, 1.54) is 0 Å². The summed E-state index contributed by atoms with van der Waals surface area (Å²) in [5, 5.41) is 14.2. The van der Waals surface area contributed by atoms with E-state index < -0.39 is 6.04 Å². The summed E-state index contributed by atoms with van der Waals surface area (Å²) in [7, 11) is 0. The molecule has 0 radical (unpaired) electrons. The van der Waals surface area contributed by atoms with Crippen LogP contribution < -0.4 is 10.6 Å². The van der Waals surface area contributed by atoms with Crippen molar-refractivity contribution < 1.29 is 4.79 Å². The third kappa shape index (κ3) is 4.68. The van der Waals surface area contributed by atoms with Crippen LogP contribution in [0.3, 0.4) is 0 Å². The van der Waals surface area contributed by atoms with Crippen LogP contribution in [0.15, 0.2) is 83.2 Å². The lowest BCUT2D eigenvalue weighted by Gasteiger charge is -2.29. The minimum absolute atomic E-state index is 0.155. The van der Waals surface area contributed by atoms with Gasteiger partial charge in [-0.1, -0.05) is 85.3 Å². The van der Waals surface area contributed by atoms with Gasteiger partial charge in [0.05, 0.1) is 5.57 Å². The van der Waals surface area contributed by atoms with Gasteiger partial charge in [0.25, 0.3) is 5.91 Å². The topological polar surface area (TPSA) is 71.8 Å². The van der Waals surface area contributed by atoms with E-state index in [0.29, 0.717) is 11.5 Å². The normalized spacial score (nSPS) is 15.1. The smallest absolute Gasteiger partial charge is 0.255 e. The molecule has 4 aromatic rings. The van der Waals surface area contributed by atoms with Gasteiger partial charge in [-0.25, -0.2) is 4.68 Å². The number of amides is 1. The second-order valence-corrected chi connectivity index (χ2v) is 9.88. The summed E-state index contributed by atoms with van der Waals surface area (Å²) in [5.41, 5.74) is 4.33. The van der Waals surface area contributed by atoms with E-state index in [1.807, 2.05) is 61.0 Å². The quantitative estimate of drug-likeness (QED) is 0.230. The number of aromatic nitrogens is 3. The number of carbonyl (C=O) groups is 1. The predicted octanol–water partition coefficient (Wildman–Crippen LogP) is 6.56. The molecule has 6 nitrogen and oxygen atoms in total. The summed E-state index contributed by atoms with van der Waals surface area (Å²) in [6, 6.07) is 21.9. The summed E-state index contributed by atoms with van der Waals surface area (Å²) in [6.45, 7) is 6.14. The fourth-order valence-corrected chi connectivity index (χ4v) is 5.32. The van der Waals surface area contributed by atoms with Crippen molar-refractivity contribution >= 4 is 40.1 Å². The molecule has 0 fully saturated rings. The number of carbonyl (C=O) groups excluding carboxylic acids is 1. The van der Waals surface area contributed by atoms with Gasteiger partial charge in [-0.05, 0) is 48.7 Å². The number of nitrogens with one attached hydrogen (secondary N) is 2. The van der Waals surface area contributed by atoms with Crippen LogP contribution in [0.25, 0.3) is 10.8 Å². The van der Waals surface area contributed by atoms with Gasteiger partial charge >= 0.3 is 0 Å². The number of nitrogens with zero attached hydrogens (tertiary/aromatic N) is 3. The first-order valence-electron chi connectivity index (χ1n) is 12.0. The molecule has 1 amide bonds. The molecule has 2 heterocycles. The van der Waals surface area contributed by atoms with E-state index in [4.69, 9.17) is 10.1 Å². The van der Waals surface area contributed by atoms with Crippen LogP contribution >= 0.6 is 11.8 Å². The molecule has 1 aliphatic rings. The third-order valence-corrected chi connectivity index (χ3v) is 7.16. The summed E-state index contributed by atoms with van der Waals surface area (Å²) < 4.78 is 1.87. The molecule has 0 saturated carbocycles. The van der Waals surface area contributed by atoms with Crippen molar-refractivity contribution in [3.63, 3.8) is 0 Å². The number of anilines is 2. The molecule has 5 rings (SSSR count). The van der Waals surface area contributed by atoms with Crippen LogP contribution in [0.1, 0.15) is 43.9 Å². The number of benzene rings is 3. The first-order chi connectivity index (χ1) is 17.0. The van der Waals surface area contributed by atoms with Crippen molar-refractivity contribution in [3.8, 4) is 0 Å². The Balaban J connectivity index is 1.60. The Morgan fingerprint density at radius 1 is 1.06 bits per heavy atom. The number of hydrogen-bond donors (Lipinski definition) is 2. The molecule has 1 unspecified atom stereocenters. The van der Waals surface area contributed by atoms with Gasteiger partial charge in [0, 0.05) is 17.1 Å². The molecular weight excluding hydrogens is 454 g/mol. The van der Waals surface area contributed by atoms with E-state index in [1.54, 1.807) is 11.8 Å². The fourth-order valence-electron chi connectivity index (χ4n) is 4.41. The highest BCUT2D eigenvalue weighted by molar-refractivity contribution is 7.99. The zero-order chi connectivity index (χ0) is 24.4. The first-order valence-corrected chi connectivity index (χ1v) is 13.0. The molecule has 7 heteroatoms. The van der Waals surface area contributed by atoms with Gasteiger partial charge in [-0.2, -0.15) is 4.98 Å². The number of rotatable bonds is 7. The zero-order valence-electron chi connectivity index (χ0n) is 20.2. The highest BCUT2D eigenvalue weighted by Crippen LogP contribution is 2.39. The molecule has 2 N–H and O–H groups in total. The van der Waals surface area contributed by atoms with Crippen LogP contribution in [0.4, 0.5) is 11.6 Å². The third-order valence-electron chi connectivity index (χ3n) is 6.23. The van der Waals surface area contributed by atoms with Gasteiger partial charge in [0.15, 0.2) is 0 Å². The van der Waals surface area contributed by atoms with Crippen LogP contribution in [0.5, 0.6) is 0 Å². The number of fused-ring (bicyclic) bond motifs is 2. The molecule has 3 aromatic carbocycles. The largest absolute Gasteiger partial charge is 0.328 e. The van der Waals surface area contributed by atoms with Crippen molar-refractivity contribution in [2.45, 2.75) is 44.8 Å². The molecule has 1 aromatic heterocycles. The van der Waals surface area contributed by atoms with Gasteiger partial charge in [-0.15, -0.1) is 5.10 Å². The molecule has 0 spiro atoms. The molecule has 1 aliphatic heterocycles. The minimum atomic E-state index is -0.407. The summed E-state index contributed by atoms with van der Waals surface area (Å²) in [5.74, 6) is 1.47. The Hall–Kier alpha value is -3.58. The van der Waals surface area contributed by atoms with E-state index >= 15 is 0 Å². The van der Waals surface area contributed by atoms with Crippen LogP contribution in [0.2, 0.25) is 0 Å². The SMILES string of the molecule is CCCCSc1nc2n(n1)C(c1cccc3ccccc13)C(C(=O)Nc1ccc(C)cc1)=C(C)N2. The average molecular weight is 484 g/mol. The van der Waals surface area contributed by atoms with Gasteiger partial charge in [0.2, 0.25) is 11.1 Å². The van der Waals surface area contributed by atoms with Crippen molar-refractivity contribution in [2.24, 2.45) is 0 Å². The maximum absolute atomic E-state index is 13.7. The Morgan fingerprint density at radius 2 is 1.83 bits per heavy atom. The number of aryl methyl sites for hydroxylation is 1. The van der Waals surface area contributed by atoms with Crippen LogP contribution in [0, 0.1) is 6.92 Å². The minimum Gasteiger partial charge on any atom is -0.328 e. The summed E-state index contributed by atoms with van der Waals surface area (Å²) >= 11 is 1.65. The monoisotopic (exact) mass is 483 g/mol. The molecule has 1 atom stereocenters. The lowest BCUT2D eigenvalue weighted by atomic mass is 9.91. The van der Waals surface area contributed by atoms with E-state index in [2.05, 4.69) is 41.8 Å². The highest BCUT2D eigenvalue weighted by atomic mass is 32.2. The van der Waals surface area contributed by atoms with E-state index in [0.717, 1.165) is 57.0 Å².